The van der Waals surface area contributed by atoms with Gasteiger partial charge in [0.15, 0.2) is 5.82 Å². The van der Waals surface area contributed by atoms with Crippen molar-refractivity contribution < 1.29 is 19.1 Å². The van der Waals surface area contributed by atoms with Gasteiger partial charge in [0, 0.05) is 13.7 Å². The monoisotopic (exact) mass is 230 g/mol. The summed E-state index contributed by atoms with van der Waals surface area (Å²) in [6.07, 6.45) is -0.526. The van der Waals surface area contributed by atoms with E-state index in [0.29, 0.717) is 24.7 Å². The quantitative estimate of drug-likeness (QED) is 0.743. The summed E-state index contributed by atoms with van der Waals surface area (Å²) in [7, 11) is 1.53. The Labute approximate surface area is 94.6 Å². The maximum Gasteiger partial charge on any atom is 0.229 e. The highest BCUT2D eigenvalue weighted by atomic mass is 16.5. The van der Waals surface area contributed by atoms with E-state index in [9.17, 15) is 5.11 Å². The van der Waals surface area contributed by atoms with Gasteiger partial charge in [0.25, 0.3) is 0 Å². The minimum Gasteiger partial charge on any atom is -0.390 e. The van der Waals surface area contributed by atoms with Crippen LogP contribution in [0.25, 0.3) is 0 Å². The average molecular weight is 230 g/mol. The minimum atomic E-state index is -0.624. The number of ether oxygens (including phenoxy) is 2. The number of nitrogens with zero attached hydrogens (tertiary/aromatic N) is 2. The number of aromatic nitrogens is 2. The van der Waals surface area contributed by atoms with E-state index in [4.69, 9.17) is 14.0 Å². The largest absolute Gasteiger partial charge is 0.390 e. The van der Waals surface area contributed by atoms with Gasteiger partial charge in [0.1, 0.15) is 6.10 Å². The molecule has 1 aromatic rings. The van der Waals surface area contributed by atoms with E-state index in [2.05, 4.69) is 10.1 Å². The summed E-state index contributed by atoms with van der Waals surface area (Å²) in [5, 5.41) is 13.3. The summed E-state index contributed by atoms with van der Waals surface area (Å²) >= 11 is 0. The fourth-order valence-corrected chi connectivity index (χ4v) is 1.29. The normalized spacial score (nSPS) is 15.0. The molecule has 0 aliphatic carbocycles. The Morgan fingerprint density at radius 1 is 1.50 bits per heavy atom. The molecule has 0 radical (unpaired) electrons. The maximum absolute atomic E-state index is 9.47. The van der Waals surface area contributed by atoms with Gasteiger partial charge in [0.05, 0.1) is 19.1 Å². The fraction of sp³-hybridized carbons (Fsp3) is 0.800. The van der Waals surface area contributed by atoms with Crippen LogP contribution in [-0.4, -0.2) is 41.7 Å². The minimum absolute atomic E-state index is 0.193. The van der Waals surface area contributed by atoms with E-state index in [1.807, 2.05) is 13.8 Å². The molecule has 0 fully saturated rings. The molecule has 6 heteroatoms. The zero-order chi connectivity index (χ0) is 12.0. The van der Waals surface area contributed by atoms with Crippen molar-refractivity contribution in [2.24, 2.45) is 0 Å². The van der Waals surface area contributed by atoms with E-state index in [-0.39, 0.29) is 12.7 Å². The molecule has 0 saturated heterocycles. The lowest BCUT2D eigenvalue weighted by Gasteiger charge is -2.05. The van der Waals surface area contributed by atoms with Gasteiger partial charge in [0.2, 0.25) is 5.89 Å². The highest BCUT2D eigenvalue weighted by molar-refractivity contribution is 4.91. The second kappa shape index (κ2) is 6.57. The molecule has 6 nitrogen and oxygen atoms in total. The van der Waals surface area contributed by atoms with Crippen LogP contribution in [0.3, 0.4) is 0 Å². The molecule has 92 valence electrons. The van der Waals surface area contributed by atoms with Crippen LogP contribution in [0.2, 0.25) is 0 Å². The first-order valence-electron chi connectivity index (χ1n) is 5.28. The fourth-order valence-electron chi connectivity index (χ4n) is 1.29. The van der Waals surface area contributed by atoms with Gasteiger partial charge in [-0.2, -0.15) is 4.98 Å². The summed E-state index contributed by atoms with van der Waals surface area (Å²) in [5.74, 6) is 0.896. The van der Waals surface area contributed by atoms with Gasteiger partial charge in [-0.05, 0) is 13.8 Å². The third-order valence-corrected chi connectivity index (χ3v) is 2.03. The molecule has 0 bridgehead atoms. The standard InChI is InChI=1S/C10H18N2O4/c1-4-15-7(2)10-11-9(16-12-10)5-8(13)6-14-3/h7-8,13H,4-6H2,1-3H3. The van der Waals surface area contributed by atoms with E-state index >= 15 is 0 Å². The summed E-state index contributed by atoms with van der Waals surface area (Å²) in [6.45, 7) is 4.60. The summed E-state index contributed by atoms with van der Waals surface area (Å²) in [6, 6.07) is 0. The third kappa shape index (κ3) is 3.88. The molecule has 1 N–H and O–H groups in total. The molecular formula is C10H18N2O4. The second-order valence-electron chi connectivity index (χ2n) is 3.46. The second-order valence-corrected chi connectivity index (χ2v) is 3.46. The van der Waals surface area contributed by atoms with Crippen molar-refractivity contribution in [3.8, 4) is 0 Å². The van der Waals surface area contributed by atoms with E-state index < -0.39 is 6.10 Å². The molecule has 1 aromatic heterocycles. The molecular weight excluding hydrogens is 212 g/mol. The van der Waals surface area contributed by atoms with Crippen molar-refractivity contribution in [2.45, 2.75) is 32.5 Å². The Kier molecular flexibility index (Phi) is 5.37. The van der Waals surface area contributed by atoms with Gasteiger partial charge in [-0.3, -0.25) is 0 Å². The molecule has 0 aliphatic heterocycles. The molecule has 16 heavy (non-hydrogen) atoms. The molecule has 1 rings (SSSR count). The Bertz CT molecular complexity index is 303. The maximum atomic E-state index is 9.47. The zero-order valence-corrected chi connectivity index (χ0v) is 9.84. The summed E-state index contributed by atoms with van der Waals surface area (Å²) in [5.41, 5.74) is 0. The Morgan fingerprint density at radius 3 is 2.88 bits per heavy atom. The predicted octanol–water partition coefficient (Wildman–Crippen LogP) is 0.717. The highest BCUT2D eigenvalue weighted by Gasteiger charge is 2.16. The molecule has 0 aromatic carbocycles. The van der Waals surface area contributed by atoms with Gasteiger partial charge in [-0.15, -0.1) is 0 Å². The van der Waals surface area contributed by atoms with E-state index in [1.165, 1.54) is 7.11 Å². The molecule has 0 saturated carbocycles. The molecule has 2 unspecified atom stereocenters. The van der Waals surface area contributed by atoms with Crippen molar-refractivity contribution in [3.05, 3.63) is 11.7 Å². The number of rotatable bonds is 7. The van der Waals surface area contributed by atoms with Crippen LogP contribution >= 0.6 is 0 Å². The first-order chi connectivity index (χ1) is 7.67. The third-order valence-electron chi connectivity index (χ3n) is 2.03. The molecule has 1 heterocycles. The Morgan fingerprint density at radius 2 is 2.25 bits per heavy atom. The topological polar surface area (TPSA) is 77.6 Å². The predicted molar refractivity (Wildman–Crippen MR) is 55.9 cm³/mol. The van der Waals surface area contributed by atoms with Gasteiger partial charge in [-0.25, -0.2) is 0 Å². The van der Waals surface area contributed by atoms with Crippen LogP contribution in [0.4, 0.5) is 0 Å². The Balaban J connectivity index is 2.50. The lowest BCUT2D eigenvalue weighted by atomic mass is 10.2. The molecule has 0 amide bonds. The van der Waals surface area contributed by atoms with Crippen LogP contribution in [0.5, 0.6) is 0 Å². The number of aliphatic hydroxyl groups is 1. The Hall–Kier alpha value is -0.980. The molecule has 2 atom stereocenters. The van der Waals surface area contributed by atoms with Crippen molar-refractivity contribution in [1.82, 2.24) is 10.1 Å². The van der Waals surface area contributed by atoms with Crippen LogP contribution in [0.1, 0.15) is 31.7 Å². The summed E-state index contributed by atoms with van der Waals surface area (Å²) < 4.78 is 15.1. The van der Waals surface area contributed by atoms with Crippen LogP contribution in [0.15, 0.2) is 4.52 Å². The van der Waals surface area contributed by atoms with E-state index in [0.717, 1.165) is 0 Å². The SMILES string of the molecule is CCOC(C)c1noc(CC(O)COC)n1. The molecule has 0 aliphatic rings. The first-order valence-corrected chi connectivity index (χ1v) is 5.28. The van der Waals surface area contributed by atoms with E-state index in [1.54, 1.807) is 0 Å². The van der Waals surface area contributed by atoms with Crippen LogP contribution in [0, 0.1) is 0 Å². The first kappa shape index (κ1) is 13.1. The summed E-state index contributed by atoms with van der Waals surface area (Å²) in [4.78, 5) is 4.13. The van der Waals surface area contributed by atoms with Crippen molar-refractivity contribution in [2.75, 3.05) is 20.3 Å². The van der Waals surface area contributed by atoms with Gasteiger partial charge >= 0.3 is 0 Å². The lowest BCUT2D eigenvalue weighted by Crippen LogP contribution is -2.17. The van der Waals surface area contributed by atoms with Crippen LogP contribution < -0.4 is 0 Å². The average Bonchev–Trinajstić information content (AvgIpc) is 2.67. The number of hydrogen-bond acceptors (Lipinski definition) is 6. The van der Waals surface area contributed by atoms with Crippen molar-refractivity contribution in [3.63, 3.8) is 0 Å². The van der Waals surface area contributed by atoms with Crippen molar-refractivity contribution in [1.29, 1.82) is 0 Å². The zero-order valence-electron chi connectivity index (χ0n) is 9.84. The smallest absolute Gasteiger partial charge is 0.229 e. The van der Waals surface area contributed by atoms with Gasteiger partial charge in [-0.1, -0.05) is 5.16 Å². The highest BCUT2D eigenvalue weighted by Crippen LogP contribution is 2.13. The lowest BCUT2D eigenvalue weighted by molar-refractivity contribution is 0.0599. The van der Waals surface area contributed by atoms with Gasteiger partial charge < -0.3 is 19.1 Å². The number of hydrogen-bond donors (Lipinski definition) is 1. The molecule has 0 spiro atoms. The van der Waals surface area contributed by atoms with Crippen LogP contribution in [-0.2, 0) is 15.9 Å². The number of aliphatic hydroxyl groups excluding tert-OH is 1. The van der Waals surface area contributed by atoms with Crippen molar-refractivity contribution >= 4 is 0 Å². The number of methoxy groups -OCH3 is 1.